The number of rotatable bonds is 1. The number of alkyl halides is 6. The van der Waals surface area contributed by atoms with Gasteiger partial charge in [0.2, 0.25) is 0 Å². The monoisotopic (exact) mass is 245 g/mol. The molecule has 1 rings (SSSR count). The van der Waals surface area contributed by atoms with E-state index in [2.05, 4.69) is 0 Å². The number of phenols is 1. The minimum Gasteiger partial charge on any atom is -0.508 e. The lowest BCUT2D eigenvalue weighted by Gasteiger charge is -2.28. The quantitative estimate of drug-likeness (QED) is 0.606. The van der Waals surface area contributed by atoms with Crippen molar-refractivity contribution in [3.63, 3.8) is 0 Å². The number of hydrogen-bond acceptors (Lipinski definition) is 2. The summed E-state index contributed by atoms with van der Waals surface area (Å²) < 4.78 is 72.9. The number of halogens is 6. The Morgan fingerprint density at radius 2 is 1.19 bits per heavy atom. The summed E-state index contributed by atoms with van der Waals surface area (Å²) in [6.07, 6.45) is -11.1. The Balaban J connectivity index is 3.18. The molecular formula is C8H5F6NO. The summed E-state index contributed by atoms with van der Waals surface area (Å²) in [5.74, 6) is -0.423. The molecule has 1 N–H and O–H groups in total. The second-order valence-corrected chi connectivity index (χ2v) is 2.79. The second-order valence-electron chi connectivity index (χ2n) is 2.79. The lowest BCUT2D eigenvalue weighted by molar-refractivity contribution is -0.226. The number of phenolic OH excluding ortho intramolecular Hbond substituents is 1. The maximum Gasteiger partial charge on any atom is 0.491 e. The molecule has 0 fully saturated rings. The van der Waals surface area contributed by atoms with Gasteiger partial charge in [-0.15, -0.1) is 26.3 Å². The summed E-state index contributed by atoms with van der Waals surface area (Å²) in [7, 11) is 0. The van der Waals surface area contributed by atoms with Gasteiger partial charge in [0.25, 0.3) is 0 Å². The van der Waals surface area contributed by atoms with Gasteiger partial charge in [0.05, 0.1) is 5.69 Å². The SMILES string of the molecule is Oc1ccc(N(C(F)(F)F)C(F)(F)F)cc1. The molecule has 2 nitrogen and oxygen atoms in total. The average Bonchev–Trinajstić information content (AvgIpc) is 2.03. The smallest absolute Gasteiger partial charge is 0.491 e. The van der Waals surface area contributed by atoms with Crippen LogP contribution in [-0.2, 0) is 0 Å². The third-order valence-electron chi connectivity index (χ3n) is 1.62. The molecule has 1 aromatic carbocycles. The molecule has 0 bridgehead atoms. The van der Waals surface area contributed by atoms with Crippen molar-refractivity contribution >= 4 is 5.69 Å². The van der Waals surface area contributed by atoms with Crippen LogP contribution in [0.25, 0.3) is 0 Å². The van der Waals surface area contributed by atoms with E-state index in [9.17, 15) is 26.3 Å². The predicted octanol–water partition coefficient (Wildman–Crippen LogP) is 3.24. The molecular weight excluding hydrogens is 240 g/mol. The third-order valence-corrected chi connectivity index (χ3v) is 1.62. The van der Waals surface area contributed by atoms with E-state index in [-0.39, 0.29) is 0 Å². The van der Waals surface area contributed by atoms with Crippen molar-refractivity contribution in [3.8, 4) is 5.75 Å². The van der Waals surface area contributed by atoms with Gasteiger partial charge in [-0.05, 0) is 24.3 Å². The zero-order valence-corrected chi connectivity index (χ0v) is 7.47. The van der Waals surface area contributed by atoms with Gasteiger partial charge in [0.1, 0.15) is 5.75 Å². The lowest BCUT2D eigenvalue weighted by atomic mass is 10.3. The molecule has 16 heavy (non-hydrogen) atoms. The Morgan fingerprint density at radius 1 is 0.812 bits per heavy atom. The lowest BCUT2D eigenvalue weighted by Crippen LogP contribution is -2.48. The van der Waals surface area contributed by atoms with Crippen LogP contribution in [0.15, 0.2) is 24.3 Å². The molecule has 0 saturated carbocycles. The highest BCUT2D eigenvalue weighted by atomic mass is 19.4. The first-order valence-electron chi connectivity index (χ1n) is 3.85. The molecule has 0 aliphatic heterocycles. The molecule has 0 aliphatic rings. The summed E-state index contributed by atoms with van der Waals surface area (Å²) in [4.78, 5) is -1.64. The van der Waals surface area contributed by atoms with E-state index >= 15 is 0 Å². The Hall–Kier alpha value is -1.60. The predicted molar refractivity (Wildman–Crippen MR) is 42.7 cm³/mol. The van der Waals surface area contributed by atoms with Gasteiger partial charge in [-0.2, -0.15) is 4.90 Å². The molecule has 0 spiro atoms. The third kappa shape index (κ3) is 2.71. The van der Waals surface area contributed by atoms with Gasteiger partial charge in [0.15, 0.2) is 0 Å². The fourth-order valence-corrected chi connectivity index (χ4v) is 1.04. The first-order valence-corrected chi connectivity index (χ1v) is 3.85. The Bertz CT molecular complexity index is 340. The highest BCUT2D eigenvalue weighted by molar-refractivity contribution is 5.50. The minimum atomic E-state index is -5.57. The van der Waals surface area contributed by atoms with E-state index in [0.29, 0.717) is 12.1 Å². The maximum absolute atomic E-state index is 12.1. The summed E-state index contributed by atoms with van der Waals surface area (Å²) in [6, 6.07) is 2.52. The van der Waals surface area contributed by atoms with Crippen molar-refractivity contribution in [2.75, 3.05) is 4.90 Å². The van der Waals surface area contributed by atoms with Crippen LogP contribution in [0.5, 0.6) is 5.75 Å². The van der Waals surface area contributed by atoms with E-state index in [1.807, 2.05) is 0 Å². The summed E-state index contributed by atoms with van der Waals surface area (Å²) in [6.45, 7) is 0. The highest BCUT2D eigenvalue weighted by Crippen LogP contribution is 2.38. The molecule has 0 saturated heterocycles. The zero-order valence-electron chi connectivity index (χ0n) is 7.47. The highest BCUT2D eigenvalue weighted by Gasteiger charge is 2.53. The van der Waals surface area contributed by atoms with Gasteiger partial charge >= 0.3 is 12.6 Å². The number of aromatic hydroxyl groups is 1. The van der Waals surface area contributed by atoms with E-state index in [4.69, 9.17) is 5.11 Å². The maximum atomic E-state index is 12.1. The molecule has 8 heteroatoms. The Kier molecular flexibility index (Phi) is 2.93. The summed E-state index contributed by atoms with van der Waals surface area (Å²) in [5, 5.41) is 8.76. The van der Waals surface area contributed by atoms with E-state index in [1.165, 1.54) is 0 Å². The van der Waals surface area contributed by atoms with Crippen LogP contribution in [0.3, 0.4) is 0 Å². The summed E-state index contributed by atoms with van der Waals surface area (Å²) >= 11 is 0. The summed E-state index contributed by atoms with van der Waals surface area (Å²) in [5.41, 5.74) is -1.11. The number of benzene rings is 1. The van der Waals surface area contributed by atoms with E-state index < -0.39 is 28.9 Å². The molecule has 0 aromatic heterocycles. The van der Waals surface area contributed by atoms with E-state index in [1.54, 1.807) is 0 Å². The number of hydrogen-bond donors (Lipinski definition) is 1. The number of nitrogens with zero attached hydrogens (tertiary/aromatic N) is 1. The fourth-order valence-electron chi connectivity index (χ4n) is 1.04. The molecule has 0 amide bonds. The molecule has 0 aliphatic carbocycles. The van der Waals surface area contributed by atoms with Gasteiger partial charge in [-0.1, -0.05) is 0 Å². The molecule has 90 valence electrons. The van der Waals surface area contributed by atoms with Crippen molar-refractivity contribution in [1.82, 2.24) is 0 Å². The van der Waals surface area contributed by atoms with Gasteiger partial charge in [-0.3, -0.25) is 0 Å². The van der Waals surface area contributed by atoms with Gasteiger partial charge < -0.3 is 5.11 Å². The van der Waals surface area contributed by atoms with Crippen LogP contribution in [0.2, 0.25) is 0 Å². The van der Waals surface area contributed by atoms with Crippen LogP contribution >= 0.6 is 0 Å². The first kappa shape index (κ1) is 12.5. The Morgan fingerprint density at radius 3 is 1.50 bits per heavy atom. The zero-order chi connectivity index (χ0) is 12.6. The van der Waals surface area contributed by atoms with Crippen molar-refractivity contribution < 1.29 is 31.4 Å². The molecule has 0 radical (unpaired) electrons. The van der Waals surface area contributed by atoms with Crippen molar-refractivity contribution in [2.24, 2.45) is 0 Å². The van der Waals surface area contributed by atoms with Gasteiger partial charge in [0, 0.05) is 0 Å². The van der Waals surface area contributed by atoms with Crippen molar-refractivity contribution in [2.45, 2.75) is 12.6 Å². The second kappa shape index (κ2) is 3.76. The van der Waals surface area contributed by atoms with Gasteiger partial charge in [-0.25, -0.2) is 0 Å². The van der Waals surface area contributed by atoms with Crippen molar-refractivity contribution in [3.05, 3.63) is 24.3 Å². The Labute approximate surface area is 85.7 Å². The minimum absolute atomic E-state index is 0.423. The van der Waals surface area contributed by atoms with Crippen LogP contribution in [0.4, 0.5) is 32.0 Å². The van der Waals surface area contributed by atoms with Crippen LogP contribution in [0.1, 0.15) is 0 Å². The van der Waals surface area contributed by atoms with Crippen LogP contribution in [-0.4, -0.2) is 17.7 Å². The molecule has 1 aromatic rings. The number of anilines is 1. The molecule has 0 atom stereocenters. The van der Waals surface area contributed by atoms with Crippen LogP contribution in [0, 0.1) is 0 Å². The fraction of sp³-hybridized carbons (Fsp3) is 0.250. The molecule has 0 unspecified atom stereocenters. The largest absolute Gasteiger partial charge is 0.508 e. The van der Waals surface area contributed by atoms with Crippen LogP contribution < -0.4 is 4.90 Å². The molecule has 0 heterocycles. The average molecular weight is 245 g/mol. The first-order chi connectivity index (χ1) is 7.12. The van der Waals surface area contributed by atoms with E-state index in [0.717, 1.165) is 12.1 Å². The normalized spacial score (nSPS) is 12.6. The van der Waals surface area contributed by atoms with Crippen molar-refractivity contribution in [1.29, 1.82) is 0 Å². The topological polar surface area (TPSA) is 23.5 Å². The standard InChI is InChI=1S/C8H5F6NO/c9-7(10,11)15(8(12,13)14)5-1-3-6(16)4-2-5/h1-4,16H.